The highest BCUT2D eigenvalue weighted by molar-refractivity contribution is 5.99. The molecule has 2 heteroatoms. The summed E-state index contributed by atoms with van der Waals surface area (Å²) in [7, 11) is 1.96. The van der Waals surface area contributed by atoms with Crippen molar-refractivity contribution in [1.29, 1.82) is 0 Å². The van der Waals surface area contributed by atoms with E-state index in [1.165, 1.54) is 16.7 Å². The Morgan fingerprint density at radius 2 is 1.45 bits per heavy atom. The van der Waals surface area contributed by atoms with Gasteiger partial charge in [-0.1, -0.05) is 35.9 Å². The van der Waals surface area contributed by atoms with Gasteiger partial charge in [0.15, 0.2) is 5.78 Å². The number of rotatable bonds is 4. The molecule has 0 aliphatic heterocycles. The monoisotopic (exact) mass is 267 g/mol. The highest BCUT2D eigenvalue weighted by Gasteiger charge is 2.10. The lowest BCUT2D eigenvalue weighted by molar-refractivity contribution is 0.100. The first-order valence-electron chi connectivity index (χ1n) is 6.85. The minimum Gasteiger partial charge on any atom is -0.367 e. The van der Waals surface area contributed by atoms with E-state index in [-0.39, 0.29) is 5.78 Å². The molecular weight excluding hydrogens is 246 g/mol. The second-order valence-electron chi connectivity index (χ2n) is 5.49. The van der Waals surface area contributed by atoms with E-state index >= 15 is 0 Å². The largest absolute Gasteiger partial charge is 0.367 e. The van der Waals surface area contributed by atoms with Gasteiger partial charge >= 0.3 is 0 Å². The van der Waals surface area contributed by atoms with Crippen molar-refractivity contribution in [3.63, 3.8) is 0 Å². The maximum atomic E-state index is 12.3. The van der Waals surface area contributed by atoms with Gasteiger partial charge in [0.25, 0.3) is 0 Å². The molecule has 0 saturated heterocycles. The number of benzene rings is 2. The summed E-state index contributed by atoms with van der Waals surface area (Å²) < 4.78 is 0. The number of carbonyl (C=O) groups excluding carboxylic acids is 1. The lowest BCUT2D eigenvalue weighted by Crippen LogP contribution is -2.25. The van der Waals surface area contributed by atoms with Crippen molar-refractivity contribution in [2.45, 2.75) is 20.8 Å². The number of aryl methyl sites for hydroxylation is 3. The lowest BCUT2D eigenvalue weighted by atomic mass is 10.1. The number of hydrogen-bond donors (Lipinski definition) is 0. The smallest absolute Gasteiger partial charge is 0.182 e. The molecule has 0 heterocycles. The van der Waals surface area contributed by atoms with Crippen molar-refractivity contribution in [1.82, 2.24) is 0 Å². The van der Waals surface area contributed by atoms with E-state index in [1.54, 1.807) is 0 Å². The van der Waals surface area contributed by atoms with Crippen LogP contribution in [0.5, 0.6) is 0 Å². The minimum atomic E-state index is 0.145. The standard InChI is InChI=1S/C18H21NO/c1-13-5-7-16(8-6-13)18(20)12-19(4)17-10-14(2)9-15(3)11-17/h5-11H,12H2,1-4H3. The van der Waals surface area contributed by atoms with Gasteiger partial charge in [0, 0.05) is 18.3 Å². The molecule has 20 heavy (non-hydrogen) atoms. The van der Waals surface area contributed by atoms with Crippen LogP contribution in [0.1, 0.15) is 27.0 Å². The predicted molar refractivity (Wildman–Crippen MR) is 84.7 cm³/mol. The SMILES string of the molecule is Cc1ccc(C(=O)CN(C)c2cc(C)cc(C)c2)cc1. The maximum absolute atomic E-state index is 12.3. The maximum Gasteiger partial charge on any atom is 0.182 e. The third-order valence-corrected chi connectivity index (χ3v) is 3.40. The van der Waals surface area contributed by atoms with Gasteiger partial charge < -0.3 is 4.90 Å². The van der Waals surface area contributed by atoms with Crippen LogP contribution in [0.2, 0.25) is 0 Å². The molecule has 0 unspecified atom stereocenters. The topological polar surface area (TPSA) is 20.3 Å². The zero-order valence-electron chi connectivity index (χ0n) is 12.6. The molecule has 2 nitrogen and oxygen atoms in total. The number of anilines is 1. The molecule has 2 aromatic carbocycles. The molecule has 0 N–H and O–H groups in total. The molecule has 0 fully saturated rings. The number of nitrogens with zero attached hydrogens (tertiary/aromatic N) is 1. The molecule has 0 aromatic heterocycles. The first-order valence-corrected chi connectivity index (χ1v) is 6.85. The van der Waals surface area contributed by atoms with E-state index in [4.69, 9.17) is 0 Å². The second kappa shape index (κ2) is 5.91. The van der Waals surface area contributed by atoms with Crippen molar-refractivity contribution >= 4 is 11.5 Å². The molecule has 0 saturated carbocycles. The third kappa shape index (κ3) is 3.47. The molecular formula is C18H21NO. The number of Topliss-reactive ketones (excluding diaryl/α,β-unsaturated/α-hetero) is 1. The Hall–Kier alpha value is -2.09. The summed E-state index contributed by atoms with van der Waals surface area (Å²) in [6.45, 7) is 6.57. The van der Waals surface area contributed by atoms with Crippen molar-refractivity contribution in [2.75, 3.05) is 18.5 Å². The first-order chi connectivity index (χ1) is 9.45. The zero-order valence-corrected chi connectivity index (χ0v) is 12.6. The summed E-state index contributed by atoms with van der Waals surface area (Å²) in [5.41, 5.74) is 5.46. The minimum absolute atomic E-state index is 0.145. The second-order valence-corrected chi connectivity index (χ2v) is 5.49. The highest BCUT2D eigenvalue weighted by atomic mass is 16.1. The summed E-state index contributed by atoms with van der Waals surface area (Å²) >= 11 is 0. The van der Waals surface area contributed by atoms with Crippen molar-refractivity contribution in [3.05, 3.63) is 64.7 Å². The highest BCUT2D eigenvalue weighted by Crippen LogP contribution is 2.18. The van der Waals surface area contributed by atoms with E-state index < -0.39 is 0 Å². The summed E-state index contributed by atoms with van der Waals surface area (Å²) in [5, 5.41) is 0. The van der Waals surface area contributed by atoms with E-state index in [1.807, 2.05) is 43.1 Å². The molecule has 0 amide bonds. The lowest BCUT2D eigenvalue weighted by Gasteiger charge is -2.19. The van der Waals surface area contributed by atoms with Crippen molar-refractivity contribution in [2.24, 2.45) is 0 Å². The van der Waals surface area contributed by atoms with Crippen LogP contribution in [-0.2, 0) is 0 Å². The summed E-state index contributed by atoms with van der Waals surface area (Å²) in [6, 6.07) is 14.1. The quantitative estimate of drug-likeness (QED) is 0.782. The molecule has 0 atom stereocenters. The number of carbonyl (C=O) groups is 1. The van der Waals surface area contributed by atoms with E-state index in [0.717, 1.165) is 11.3 Å². The first kappa shape index (κ1) is 14.3. The Morgan fingerprint density at radius 3 is 2.00 bits per heavy atom. The van der Waals surface area contributed by atoms with E-state index in [2.05, 4.69) is 32.0 Å². The molecule has 0 bridgehead atoms. The molecule has 2 rings (SSSR count). The number of likely N-dealkylation sites (N-methyl/N-ethyl adjacent to an activating group) is 1. The van der Waals surface area contributed by atoms with Crippen LogP contribution in [0, 0.1) is 20.8 Å². The van der Waals surface area contributed by atoms with Gasteiger partial charge in [-0.3, -0.25) is 4.79 Å². The van der Waals surface area contributed by atoms with Crippen LogP contribution in [-0.4, -0.2) is 19.4 Å². The van der Waals surface area contributed by atoms with Gasteiger partial charge in [-0.05, 0) is 44.0 Å². The van der Waals surface area contributed by atoms with Gasteiger partial charge in [-0.2, -0.15) is 0 Å². The Kier molecular flexibility index (Phi) is 4.23. The van der Waals surface area contributed by atoms with E-state index in [0.29, 0.717) is 6.54 Å². The Balaban J connectivity index is 2.12. The fourth-order valence-electron chi connectivity index (χ4n) is 2.31. The fraction of sp³-hybridized carbons (Fsp3) is 0.278. The average Bonchev–Trinajstić information content (AvgIpc) is 2.38. The molecule has 104 valence electrons. The number of ketones is 1. The molecule has 0 aliphatic rings. The third-order valence-electron chi connectivity index (χ3n) is 3.40. The normalized spacial score (nSPS) is 10.4. The molecule has 0 spiro atoms. The van der Waals surface area contributed by atoms with Gasteiger partial charge in [-0.25, -0.2) is 0 Å². The summed E-state index contributed by atoms with van der Waals surface area (Å²) in [4.78, 5) is 14.3. The van der Waals surface area contributed by atoms with Crippen molar-refractivity contribution < 1.29 is 4.79 Å². The van der Waals surface area contributed by atoms with Crippen LogP contribution >= 0.6 is 0 Å². The Labute approximate surface area is 121 Å². The van der Waals surface area contributed by atoms with Crippen molar-refractivity contribution in [3.8, 4) is 0 Å². The van der Waals surface area contributed by atoms with Crippen LogP contribution in [0.25, 0.3) is 0 Å². The van der Waals surface area contributed by atoms with Crippen LogP contribution in [0.3, 0.4) is 0 Å². The molecule has 0 radical (unpaired) electrons. The van der Waals surface area contributed by atoms with Crippen LogP contribution in [0.15, 0.2) is 42.5 Å². The Bertz CT molecular complexity index is 594. The summed E-state index contributed by atoms with van der Waals surface area (Å²) in [6.07, 6.45) is 0. The van der Waals surface area contributed by atoms with Crippen LogP contribution < -0.4 is 4.90 Å². The average molecular weight is 267 g/mol. The van der Waals surface area contributed by atoms with Crippen LogP contribution in [0.4, 0.5) is 5.69 Å². The molecule has 0 aliphatic carbocycles. The van der Waals surface area contributed by atoms with E-state index in [9.17, 15) is 4.79 Å². The predicted octanol–water partition coefficient (Wildman–Crippen LogP) is 3.93. The number of hydrogen-bond acceptors (Lipinski definition) is 2. The Morgan fingerprint density at radius 1 is 0.900 bits per heavy atom. The summed E-state index contributed by atoms with van der Waals surface area (Å²) in [5.74, 6) is 0.145. The fourth-order valence-corrected chi connectivity index (χ4v) is 2.31. The van der Waals surface area contributed by atoms with Gasteiger partial charge in [0.2, 0.25) is 0 Å². The van der Waals surface area contributed by atoms with Gasteiger partial charge in [-0.15, -0.1) is 0 Å². The van der Waals surface area contributed by atoms with Gasteiger partial charge in [0.05, 0.1) is 6.54 Å². The molecule has 2 aromatic rings. The zero-order chi connectivity index (χ0) is 14.7. The van der Waals surface area contributed by atoms with Gasteiger partial charge in [0.1, 0.15) is 0 Å².